The Morgan fingerprint density at radius 2 is 1.89 bits per heavy atom. The van der Waals surface area contributed by atoms with Crippen molar-refractivity contribution in [3.8, 4) is 5.75 Å². The van der Waals surface area contributed by atoms with Gasteiger partial charge in [0.2, 0.25) is 11.6 Å². The lowest BCUT2D eigenvalue weighted by molar-refractivity contribution is -0.140. The number of aliphatic carboxylic acids is 1. The maximum atomic E-state index is 12.0. The van der Waals surface area contributed by atoms with Gasteiger partial charge in [-0.05, 0) is 42.5 Å². The van der Waals surface area contributed by atoms with Crippen LogP contribution in [0.25, 0.3) is 0 Å². The molecule has 3 N–H and O–H groups in total. The molecule has 138 valence electrons. The average molecular weight is 371 g/mol. The number of ketones is 1. The molecule has 1 heterocycles. The fourth-order valence-corrected chi connectivity index (χ4v) is 2.31. The molecule has 10 nitrogen and oxygen atoms in total. The molecular formula is C17H13N3O7. The standard InChI is InChI=1S/C17H13N3O7/c1-26-11-5-3-10(4-6-11)20-14(17(25)27-19-20)15(22)18-9-2-7-13(21)12(8-9)16(23)24/h2-8,19,22H,1H3,(H,23,24)/b15-14-,18-9-. The number of nitrogens with zero attached hydrogens (tertiary/aromatic N) is 2. The largest absolute Gasteiger partial charge is 0.497 e. The first kappa shape index (κ1) is 17.9. The number of carboxylic acid groups (broad SMARTS) is 1. The second-order valence-corrected chi connectivity index (χ2v) is 5.28. The highest BCUT2D eigenvalue weighted by molar-refractivity contribution is 6.29. The number of allylic oxidation sites excluding steroid dienone is 3. The monoisotopic (exact) mass is 371 g/mol. The quantitative estimate of drug-likeness (QED) is 0.303. The minimum Gasteiger partial charge on any atom is -0.497 e. The minimum absolute atomic E-state index is 0.0219. The Morgan fingerprint density at radius 1 is 1.19 bits per heavy atom. The van der Waals surface area contributed by atoms with E-state index < -0.39 is 29.2 Å². The zero-order valence-corrected chi connectivity index (χ0v) is 13.9. The number of carbonyl (C=O) groups excluding carboxylic acids is 2. The number of nitrogens with one attached hydrogen (secondary N) is 1. The number of hydrazine groups is 1. The van der Waals surface area contributed by atoms with Crippen LogP contribution >= 0.6 is 0 Å². The Labute approximate surface area is 152 Å². The van der Waals surface area contributed by atoms with E-state index in [-0.39, 0.29) is 11.4 Å². The summed E-state index contributed by atoms with van der Waals surface area (Å²) in [5.74, 6) is -3.16. The van der Waals surface area contributed by atoms with Gasteiger partial charge in [-0.1, -0.05) is 5.59 Å². The van der Waals surface area contributed by atoms with Gasteiger partial charge in [-0.3, -0.25) is 4.79 Å². The molecule has 1 aliphatic carbocycles. The van der Waals surface area contributed by atoms with E-state index in [0.29, 0.717) is 11.4 Å². The minimum atomic E-state index is -1.43. The molecule has 1 aromatic carbocycles. The highest BCUT2D eigenvalue weighted by atomic mass is 16.7. The number of aliphatic hydroxyl groups excluding tert-OH is 1. The van der Waals surface area contributed by atoms with Crippen LogP contribution in [0.2, 0.25) is 0 Å². The van der Waals surface area contributed by atoms with E-state index in [1.54, 1.807) is 24.3 Å². The summed E-state index contributed by atoms with van der Waals surface area (Å²) in [5, 5.41) is 20.4. The summed E-state index contributed by atoms with van der Waals surface area (Å²) in [6, 6.07) is 6.49. The van der Waals surface area contributed by atoms with E-state index in [4.69, 9.17) is 14.7 Å². The van der Waals surface area contributed by atoms with Crippen LogP contribution in [0.15, 0.2) is 64.6 Å². The third kappa shape index (κ3) is 3.55. The van der Waals surface area contributed by atoms with Crippen molar-refractivity contribution in [2.75, 3.05) is 12.1 Å². The third-order valence-corrected chi connectivity index (χ3v) is 3.62. The summed E-state index contributed by atoms with van der Waals surface area (Å²) < 4.78 is 5.06. The van der Waals surface area contributed by atoms with Crippen LogP contribution in [0.3, 0.4) is 0 Å². The average Bonchev–Trinajstić information content (AvgIpc) is 3.04. The summed E-state index contributed by atoms with van der Waals surface area (Å²) in [6.45, 7) is 0. The number of aliphatic hydroxyl groups is 1. The summed E-state index contributed by atoms with van der Waals surface area (Å²) in [6.07, 6.45) is 3.22. The molecule has 0 aromatic heterocycles. The summed E-state index contributed by atoms with van der Waals surface area (Å²) in [7, 11) is 1.50. The molecule has 0 bridgehead atoms. The number of anilines is 1. The van der Waals surface area contributed by atoms with Gasteiger partial charge in [0.25, 0.3) is 0 Å². The molecule has 0 saturated carbocycles. The topological polar surface area (TPSA) is 138 Å². The van der Waals surface area contributed by atoms with Crippen LogP contribution in [0.1, 0.15) is 0 Å². The lowest BCUT2D eigenvalue weighted by atomic mass is 10.0. The van der Waals surface area contributed by atoms with Gasteiger partial charge in [0, 0.05) is 0 Å². The summed E-state index contributed by atoms with van der Waals surface area (Å²) in [5.41, 5.74) is 1.94. The van der Waals surface area contributed by atoms with Crippen LogP contribution in [-0.4, -0.2) is 40.8 Å². The van der Waals surface area contributed by atoms with Gasteiger partial charge >= 0.3 is 11.9 Å². The molecule has 0 radical (unpaired) electrons. The van der Waals surface area contributed by atoms with Crippen LogP contribution in [0, 0.1) is 0 Å². The summed E-state index contributed by atoms with van der Waals surface area (Å²) in [4.78, 5) is 43.0. The molecule has 1 fully saturated rings. The molecule has 10 heteroatoms. The number of methoxy groups -OCH3 is 1. The smallest absolute Gasteiger partial charge is 0.382 e. The van der Waals surface area contributed by atoms with Gasteiger partial charge in [0.1, 0.15) is 11.3 Å². The third-order valence-electron chi connectivity index (χ3n) is 3.62. The molecule has 0 spiro atoms. The van der Waals surface area contributed by atoms with Crippen molar-refractivity contribution in [1.29, 1.82) is 0 Å². The van der Waals surface area contributed by atoms with E-state index in [1.165, 1.54) is 13.2 Å². The molecule has 27 heavy (non-hydrogen) atoms. The Bertz CT molecular complexity index is 942. The Balaban J connectivity index is 1.98. The van der Waals surface area contributed by atoms with Crippen LogP contribution in [0.4, 0.5) is 5.69 Å². The van der Waals surface area contributed by atoms with Gasteiger partial charge in [0.05, 0.1) is 18.5 Å². The first-order valence-electron chi connectivity index (χ1n) is 7.51. The van der Waals surface area contributed by atoms with E-state index >= 15 is 0 Å². The number of carbonyl (C=O) groups is 3. The molecular weight excluding hydrogens is 358 g/mol. The molecule has 0 unspecified atom stereocenters. The van der Waals surface area contributed by atoms with Gasteiger partial charge in [-0.25, -0.2) is 19.6 Å². The number of aliphatic imine (C=N–C) groups is 1. The fraction of sp³-hybridized carbons (Fsp3) is 0.0588. The highest BCUT2D eigenvalue weighted by Gasteiger charge is 2.33. The number of carboxylic acids is 1. The SMILES string of the molecule is COc1ccc(N2NOC(=O)/C2=C(O)\N=C2\C=CC(=O)C(C(=O)O)=C2)cc1. The summed E-state index contributed by atoms with van der Waals surface area (Å²) >= 11 is 0. The van der Waals surface area contributed by atoms with Gasteiger partial charge in [0.15, 0.2) is 5.78 Å². The zero-order valence-electron chi connectivity index (χ0n) is 13.9. The predicted octanol–water partition coefficient (Wildman–Crippen LogP) is 0.796. The van der Waals surface area contributed by atoms with Crippen molar-refractivity contribution in [3.63, 3.8) is 0 Å². The van der Waals surface area contributed by atoms with Crippen molar-refractivity contribution >= 4 is 29.1 Å². The van der Waals surface area contributed by atoms with Crippen LogP contribution < -0.4 is 15.3 Å². The molecule has 3 rings (SSSR count). The molecule has 1 saturated heterocycles. The van der Waals surface area contributed by atoms with E-state index in [9.17, 15) is 19.5 Å². The number of hydrogen-bond donors (Lipinski definition) is 3. The molecule has 1 aromatic rings. The second-order valence-electron chi connectivity index (χ2n) is 5.28. The van der Waals surface area contributed by atoms with Crippen LogP contribution in [-0.2, 0) is 19.2 Å². The first-order chi connectivity index (χ1) is 12.9. The van der Waals surface area contributed by atoms with E-state index in [2.05, 4.69) is 10.6 Å². The van der Waals surface area contributed by atoms with Crippen molar-refractivity contribution < 1.29 is 34.2 Å². The van der Waals surface area contributed by atoms with Crippen molar-refractivity contribution in [2.45, 2.75) is 0 Å². The molecule has 0 amide bonds. The maximum absolute atomic E-state index is 12.0. The van der Waals surface area contributed by atoms with Gasteiger partial charge in [-0.2, -0.15) is 0 Å². The Morgan fingerprint density at radius 3 is 2.52 bits per heavy atom. The van der Waals surface area contributed by atoms with Crippen molar-refractivity contribution in [2.24, 2.45) is 4.99 Å². The van der Waals surface area contributed by atoms with Gasteiger partial charge < -0.3 is 19.8 Å². The number of hydrogen-bond acceptors (Lipinski definition) is 9. The molecule has 1 aliphatic heterocycles. The fourth-order valence-electron chi connectivity index (χ4n) is 2.31. The number of ether oxygens (including phenoxy) is 1. The van der Waals surface area contributed by atoms with Crippen LogP contribution in [0.5, 0.6) is 5.75 Å². The lowest BCUT2D eigenvalue weighted by Crippen LogP contribution is -2.29. The zero-order chi connectivity index (χ0) is 19.6. The maximum Gasteiger partial charge on any atom is 0.382 e. The Hall–Kier alpha value is -3.92. The van der Waals surface area contributed by atoms with E-state index in [1.807, 2.05) is 0 Å². The van der Waals surface area contributed by atoms with Crippen molar-refractivity contribution in [3.05, 3.63) is 59.6 Å². The highest BCUT2D eigenvalue weighted by Crippen LogP contribution is 2.26. The molecule has 2 aliphatic rings. The normalized spacial score (nSPS) is 19.8. The van der Waals surface area contributed by atoms with E-state index in [0.717, 1.165) is 17.2 Å². The number of benzene rings is 1. The lowest BCUT2D eigenvalue weighted by Gasteiger charge is -2.16. The van der Waals surface area contributed by atoms with Crippen molar-refractivity contribution in [1.82, 2.24) is 5.59 Å². The molecule has 0 atom stereocenters. The predicted molar refractivity (Wildman–Crippen MR) is 91.7 cm³/mol. The van der Waals surface area contributed by atoms with Gasteiger partial charge in [-0.15, -0.1) is 0 Å². The first-order valence-corrected chi connectivity index (χ1v) is 7.51. The second kappa shape index (κ2) is 7.14. The number of rotatable bonds is 4. The Kier molecular flexibility index (Phi) is 4.73.